The zero-order chi connectivity index (χ0) is 18.5. The summed E-state index contributed by atoms with van der Waals surface area (Å²) in [5.41, 5.74) is 1.46. The van der Waals surface area contributed by atoms with E-state index in [9.17, 15) is 8.42 Å². The second kappa shape index (κ2) is 5.82. The first-order valence-corrected chi connectivity index (χ1v) is 9.86. The van der Waals surface area contributed by atoms with Crippen molar-refractivity contribution in [3.63, 3.8) is 0 Å². The number of pyridine rings is 1. The fourth-order valence-electron chi connectivity index (χ4n) is 3.42. The molecule has 1 N–H and O–H groups in total. The van der Waals surface area contributed by atoms with Crippen LogP contribution in [0.15, 0.2) is 50.9 Å². The summed E-state index contributed by atoms with van der Waals surface area (Å²) in [6.07, 6.45) is 3.65. The lowest BCUT2D eigenvalue weighted by molar-refractivity contribution is 0.310. The normalized spacial score (nSPS) is 16.4. The molecule has 0 bridgehead atoms. The van der Waals surface area contributed by atoms with Crippen LogP contribution in [-0.2, 0) is 21.8 Å². The molecule has 2 aromatic heterocycles. The number of nitrogens with one attached hydrogen (secondary N) is 1. The third kappa shape index (κ3) is 2.59. The van der Waals surface area contributed by atoms with Gasteiger partial charge >= 0.3 is 0 Å². The number of nitrogens with zero attached hydrogens (tertiary/aromatic N) is 1. The van der Waals surface area contributed by atoms with Crippen LogP contribution in [0, 0.1) is 0 Å². The quantitative estimate of drug-likeness (QED) is 0.761. The van der Waals surface area contributed by atoms with E-state index >= 15 is 0 Å². The van der Waals surface area contributed by atoms with E-state index in [1.165, 1.54) is 25.6 Å². The summed E-state index contributed by atoms with van der Waals surface area (Å²) in [4.78, 5) is 4.22. The fourth-order valence-corrected chi connectivity index (χ4v) is 4.68. The van der Waals surface area contributed by atoms with Crippen molar-refractivity contribution in [2.45, 2.75) is 35.6 Å². The molecule has 0 saturated heterocycles. The Morgan fingerprint density at radius 1 is 1.19 bits per heavy atom. The third-order valence-electron chi connectivity index (χ3n) is 4.82. The Bertz CT molecular complexity index is 1100. The Labute approximate surface area is 152 Å². The summed E-state index contributed by atoms with van der Waals surface area (Å²) in [5.74, 6) is 1.27. The average Bonchev–Trinajstić information content (AvgIpc) is 3.01. The molecular formula is C19H20N2O4S. The van der Waals surface area contributed by atoms with E-state index in [0.717, 1.165) is 29.7 Å². The van der Waals surface area contributed by atoms with Crippen molar-refractivity contribution in [3.8, 4) is 5.75 Å². The lowest BCUT2D eigenvalue weighted by Crippen LogP contribution is -2.41. The van der Waals surface area contributed by atoms with Gasteiger partial charge in [0.2, 0.25) is 9.84 Å². The standard InChI is InChI=1S/C19H20N2O4S/c1-19(2)18-16(6-7-21-19)15-5-4-13(9-17(15)25-18)26(22,23)14-8-12(24-3)10-20-11-14/h4-5,8-11,21H,6-7H2,1-3H3. The van der Waals surface area contributed by atoms with Crippen LogP contribution in [-0.4, -0.2) is 27.1 Å². The SMILES string of the molecule is COc1cncc(S(=O)(=O)c2ccc3c4c(oc3c2)C(C)(C)NCC4)c1. The summed E-state index contributed by atoms with van der Waals surface area (Å²) < 4.78 is 37.1. The van der Waals surface area contributed by atoms with E-state index in [2.05, 4.69) is 24.1 Å². The van der Waals surface area contributed by atoms with Crippen molar-refractivity contribution in [2.75, 3.05) is 13.7 Å². The van der Waals surface area contributed by atoms with E-state index in [1.54, 1.807) is 12.1 Å². The maximum Gasteiger partial charge on any atom is 0.208 e. The van der Waals surface area contributed by atoms with Crippen molar-refractivity contribution < 1.29 is 17.6 Å². The highest BCUT2D eigenvalue weighted by atomic mass is 32.2. The Kier molecular flexibility index (Phi) is 3.82. The molecule has 0 radical (unpaired) electrons. The molecule has 1 aromatic carbocycles. The van der Waals surface area contributed by atoms with E-state index in [0.29, 0.717) is 11.3 Å². The Morgan fingerprint density at radius 3 is 2.77 bits per heavy atom. The molecule has 1 aliphatic rings. The number of rotatable bonds is 3. The van der Waals surface area contributed by atoms with Crippen LogP contribution in [0.3, 0.4) is 0 Å². The number of hydrogen-bond acceptors (Lipinski definition) is 6. The highest BCUT2D eigenvalue weighted by Gasteiger charge is 2.32. The smallest absolute Gasteiger partial charge is 0.208 e. The molecule has 4 rings (SSSR count). The summed E-state index contributed by atoms with van der Waals surface area (Å²) in [6, 6.07) is 6.52. The number of sulfone groups is 1. The monoisotopic (exact) mass is 372 g/mol. The van der Waals surface area contributed by atoms with Gasteiger partial charge in [-0.15, -0.1) is 0 Å². The van der Waals surface area contributed by atoms with Gasteiger partial charge in [0.15, 0.2) is 0 Å². The van der Waals surface area contributed by atoms with Gasteiger partial charge in [0.05, 0.1) is 28.6 Å². The predicted octanol–water partition coefficient (Wildman–Crippen LogP) is 3.05. The zero-order valence-electron chi connectivity index (χ0n) is 14.9. The zero-order valence-corrected chi connectivity index (χ0v) is 15.7. The van der Waals surface area contributed by atoms with Crippen molar-refractivity contribution in [2.24, 2.45) is 0 Å². The van der Waals surface area contributed by atoms with Gasteiger partial charge < -0.3 is 14.5 Å². The highest BCUT2D eigenvalue weighted by molar-refractivity contribution is 7.91. The van der Waals surface area contributed by atoms with Crippen LogP contribution < -0.4 is 10.1 Å². The molecule has 0 amide bonds. The van der Waals surface area contributed by atoms with Gasteiger partial charge in [0.1, 0.15) is 17.1 Å². The minimum atomic E-state index is -3.71. The molecule has 0 spiro atoms. The van der Waals surface area contributed by atoms with Gasteiger partial charge in [-0.3, -0.25) is 4.98 Å². The average molecular weight is 372 g/mol. The molecule has 0 saturated carbocycles. The van der Waals surface area contributed by atoms with Crippen LogP contribution in [0.25, 0.3) is 11.0 Å². The van der Waals surface area contributed by atoms with Crippen molar-refractivity contribution in [3.05, 3.63) is 48.0 Å². The van der Waals surface area contributed by atoms with E-state index < -0.39 is 9.84 Å². The second-order valence-electron chi connectivity index (χ2n) is 6.93. The number of aromatic nitrogens is 1. The van der Waals surface area contributed by atoms with Crippen LogP contribution in [0.1, 0.15) is 25.2 Å². The molecule has 3 aromatic rings. The van der Waals surface area contributed by atoms with Crippen LogP contribution in [0.5, 0.6) is 5.75 Å². The molecule has 0 aliphatic carbocycles. The summed E-state index contributed by atoms with van der Waals surface area (Å²) in [6.45, 7) is 4.99. The summed E-state index contributed by atoms with van der Waals surface area (Å²) in [7, 11) is -2.24. The predicted molar refractivity (Wildman–Crippen MR) is 97.2 cm³/mol. The number of benzene rings is 1. The lowest BCUT2D eigenvalue weighted by atomic mass is 9.91. The Balaban J connectivity index is 1.85. The van der Waals surface area contributed by atoms with Crippen LogP contribution in [0.4, 0.5) is 0 Å². The molecule has 0 fully saturated rings. The largest absolute Gasteiger partial charge is 0.495 e. The first-order chi connectivity index (χ1) is 12.3. The molecule has 0 atom stereocenters. The lowest BCUT2D eigenvalue weighted by Gasteiger charge is -2.29. The topological polar surface area (TPSA) is 81.4 Å². The number of fused-ring (bicyclic) bond motifs is 3. The molecule has 3 heterocycles. The van der Waals surface area contributed by atoms with E-state index in [4.69, 9.17) is 9.15 Å². The molecule has 6 nitrogen and oxygen atoms in total. The maximum atomic E-state index is 13.0. The molecule has 1 aliphatic heterocycles. The van der Waals surface area contributed by atoms with E-state index in [1.807, 2.05) is 6.07 Å². The second-order valence-corrected chi connectivity index (χ2v) is 8.88. The number of furan rings is 1. The Morgan fingerprint density at radius 2 is 2.00 bits per heavy atom. The molecule has 7 heteroatoms. The summed E-state index contributed by atoms with van der Waals surface area (Å²) >= 11 is 0. The first kappa shape index (κ1) is 17.1. The van der Waals surface area contributed by atoms with Gasteiger partial charge in [-0.05, 0) is 32.4 Å². The molecular weight excluding hydrogens is 352 g/mol. The Hall–Kier alpha value is -2.38. The van der Waals surface area contributed by atoms with Gasteiger partial charge in [0.25, 0.3) is 0 Å². The summed E-state index contributed by atoms with van der Waals surface area (Å²) in [5, 5.41) is 4.39. The van der Waals surface area contributed by atoms with Gasteiger partial charge in [-0.25, -0.2) is 8.42 Å². The number of hydrogen-bond donors (Lipinski definition) is 1. The minimum Gasteiger partial charge on any atom is -0.495 e. The van der Waals surface area contributed by atoms with Gasteiger partial charge in [-0.1, -0.05) is 0 Å². The fraction of sp³-hybridized carbons (Fsp3) is 0.316. The minimum absolute atomic E-state index is 0.0921. The van der Waals surface area contributed by atoms with Crippen molar-refractivity contribution in [1.82, 2.24) is 10.3 Å². The van der Waals surface area contributed by atoms with Crippen molar-refractivity contribution in [1.29, 1.82) is 0 Å². The molecule has 0 unspecified atom stereocenters. The van der Waals surface area contributed by atoms with Crippen molar-refractivity contribution >= 4 is 20.8 Å². The van der Waals surface area contributed by atoms with Gasteiger partial charge in [-0.2, -0.15) is 0 Å². The van der Waals surface area contributed by atoms with Gasteiger partial charge in [0, 0.05) is 35.8 Å². The first-order valence-electron chi connectivity index (χ1n) is 8.38. The highest BCUT2D eigenvalue weighted by Crippen LogP contribution is 2.37. The third-order valence-corrected chi connectivity index (χ3v) is 6.54. The number of ether oxygens (including phenoxy) is 1. The van der Waals surface area contributed by atoms with Crippen LogP contribution >= 0.6 is 0 Å². The maximum absolute atomic E-state index is 13.0. The van der Waals surface area contributed by atoms with E-state index in [-0.39, 0.29) is 15.3 Å². The number of methoxy groups -OCH3 is 1. The molecule has 136 valence electrons. The van der Waals surface area contributed by atoms with Crippen LogP contribution in [0.2, 0.25) is 0 Å². The molecule has 26 heavy (non-hydrogen) atoms.